The van der Waals surface area contributed by atoms with Crippen LogP contribution in [0.1, 0.15) is 82.8 Å². The molecule has 2 rings (SSSR count). The number of nitrogens with zero attached hydrogens (tertiary/aromatic N) is 1. The maximum atomic E-state index is 13.2. The molecule has 10 N–H and O–H groups in total. The Kier molecular flexibility index (Phi) is 18.8. The van der Waals surface area contributed by atoms with Crippen molar-refractivity contribution in [3.8, 4) is 5.75 Å². The van der Waals surface area contributed by atoms with Gasteiger partial charge in [-0.1, -0.05) is 75.9 Å². The van der Waals surface area contributed by atoms with Crippen molar-refractivity contribution in [1.29, 1.82) is 0 Å². The van der Waals surface area contributed by atoms with E-state index in [1.807, 2.05) is 6.92 Å². The van der Waals surface area contributed by atoms with Crippen molar-refractivity contribution < 1.29 is 48.7 Å². The lowest BCUT2D eigenvalue weighted by atomic mass is 9.96. The van der Waals surface area contributed by atoms with Gasteiger partial charge >= 0.3 is 11.7 Å². The number of aromatic hydroxyl groups is 1. The zero-order valence-corrected chi connectivity index (χ0v) is 31.0. The average molecular weight is 770 g/mol. The molecular formula is C37H51N7O11. The van der Waals surface area contributed by atoms with E-state index in [2.05, 4.69) is 21.3 Å². The quantitative estimate of drug-likeness (QED) is 0.0404. The molecule has 0 aliphatic rings. The number of phenolic OH excluding ortho intramolecular Hbond substituents is 1. The number of carboxylic acids is 1. The number of nitrogens with one attached hydrogen (secondary N) is 4. The van der Waals surface area contributed by atoms with Gasteiger partial charge in [0.2, 0.25) is 35.4 Å². The van der Waals surface area contributed by atoms with Gasteiger partial charge in [-0.2, -0.15) is 0 Å². The van der Waals surface area contributed by atoms with E-state index in [9.17, 15) is 53.9 Å². The van der Waals surface area contributed by atoms with Crippen LogP contribution in [0.25, 0.3) is 0 Å². The number of benzene rings is 2. The molecule has 0 aliphatic carbocycles. The first-order chi connectivity index (χ1) is 26.0. The highest BCUT2D eigenvalue weighted by atomic mass is 16.6. The Morgan fingerprint density at radius 3 is 1.85 bits per heavy atom. The first-order valence-corrected chi connectivity index (χ1v) is 18.0. The van der Waals surface area contributed by atoms with Gasteiger partial charge < -0.3 is 42.9 Å². The molecule has 18 heteroatoms. The van der Waals surface area contributed by atoms with Crippen LogP contribution >= 0.6 is 0 Å². The lowest BCUT2D eigenvalue weighted by Gasteiger charge is -2.26. The Morgan fingerprint density at radius 1 is 0.745 bits per heavy atom. The maximum Gasteiger partial charge on any atom is 0.326 e. The fourth-order valence-electron chi connectivity index (χ4n) is 5.61. The summed E-state index contributed by atoms with van der Waals surface area (Å²) in [5, 5.41) is 40.6. The minimum Gasteiger partial charge on any atom is -0.502 e. The van der Waals surface area contributed by atoms with Crippen molar-refractivity contribution in [3.05, 3.63) is 69.8 Å². The Hall–Kier alpha value is -6.07. The zero-order chi connectivity index (χ0) is 41.1. The summed E-state index contributed by atoms with van der Waals surface area (Å²) in [5.41, 5.74) is 11.2. The summed E-state index contributed by atoms with van der Waals surface area (Å²) in [6.07, 6.45) is 2.74. The molecule has 0 aromatic heterocycles. The Labute approximate surface area is 318 Å². The number of unbranched alkanes of at least 4 members (excludes halogenated alkanes) is 4. The molecule has 0 aliphatic heterocycles. The molecule has 2 aromatic carbocycles. The number of nitro groups is 1. The van der Waals surface area contributed by atoms with Crippen LogP contribution in [0, 0.1) is 16.0 Å². The van der Waals surface area contributed by atoms with Gasteiger partial charge in [-0.25, -0.2) is 4.79 Å². The molecule has 0 saturated heterocycles. The predicted molar refractivity (Wildman–Crippen MR) is 199 cm³/mol. The van der Waals surface area contributed by atoms with Gasteiger partial charge in [-0.3, -0.25) is 38.9 Å². The summed E-state index contributed by atoms with van der Waals surface area (Å²) < 4.78 is 0. The number of phenols is 1. The third-order valence-electron chi connectivity index (χ3n) is 8.91. The van der Waals surface area contributed by atoms with Crippen molar-refractivity contribution in [2.75, 3.05) is 0 Å². The van der Waals surface area contributed by atoms with Crippen molar-refractivity contribution in [3.63, 3.8) is 0 Å². The molecule has 0 fully saturated rings. The summed E-state index contributed by atoms with van der Waals surface area (Å²) in [6.45, 7) is 3.58. The van der Waals surface area contributed by atoms with Gasteiger partial charge in [0.05, 0.1) is 11.3 Å². The molecule has 0 radical (unpaired) electrons. The maximum absolute atomic E-state index is 13.2. The van der Waals surface area contributed by atoms with Crippen LogP contribution in [0.3, 0.4) is 0 Å². The SMILES string of the molecule is CC[C@@H](C)[C@H](NC(=O)CCCCCCCC(=O)N[C@@H](CC(N)=O)C(=O)N[C@@H](Cc1ccccc1)C(=O)O)C(=O)N[C@@H](Cc1ccc(O)c([N+](=O)[O-])c1)C(N)=O. The summed E-state index contributed by atoms with van der Waals surface area (Å²) in [6, 6.07) is 7.29. The first-order valence-electron chi connectivity index (χ1n) is 18.0. The van der Waals surface area contributed by atoms with Crippen molar-refractivity contribution in [1.82, 2.24) is 21.3 Å². The van der Waals surface area contributed by atoms with E-state index >= 15 is 0 Å². The van der Waals surface area contributed by atoms with E-state index in [0.29, 0.717) is 44.1 Å². The smallest absolute Gasteiger partial charge is 0.326 e. The minimum atomic E-state index is -1.35. The number of hydrogen-bond acceptors (Lipinski definition) is 10. The van der Waals surface area contributed by atoms with Crippen LogP contribution in [-0.4, -0.2) is 80.7 Å². The van der Waals surface area contributed by atoms with E-state index < -0.39 is 88.4 Å². The Bertz CT molecular complexity index is 1670. The van der Waals surface area contributed by atoms with Gasteiger partial charge in [0.1, 0.15) is 24.2 Å². The number of carbonyl (C=O) groups excluding carboxylic acids is 6. The summed E-state index contributed by atoms with van der Waals surface area (Å²) in [5.74, 6) is -6.32. The monoisotopic (exact) mass is 769 g/mol. The molecule has 55 heavy (non-hydrogen) atoms. The largest absolute Gasteiger partial charge is 0.502 e. The van der Waals surface area contributed by atoms with E-state index in [4.69, 9.17) is 11.5 Å². The number of nitrogens with two attached hydrogens (primary N) is 2. The van der Waals surface area contributed by atoms with Gasteiger partial charge in [-0.05, 0) is 36.0 Å². The summed E-state index contributed by atoms with van der Waals surface area (Å²) in [7, 11) is 0. The minimum absolute atomic E-state index is 0.00758. The number of carbonyl (C=O) groups is 7. The second-order valence-electron chi connectivity index (χ2n) is 13.3. The van der Waals surface area contributed by atoms with Gasteiger partial charge in [0.25, 0.3) is 0 Å². The van der Waals surface area contributed by atoms with Crippen molar-refractivity contribution >= 4 is 47.1 Å². The van der Waals surface area contributed by atoms with E-state index in [1.165, 1.54) is 6.07 Å². The van der Waals surface area contributed by atoms with Gasteiger partial charge in [0.15, 0.2) is 5.75 Å². The van der Waals surface area contributed by atoms with Gasteiger partial charge in [-0.15, -0.1) is 0 Å². The Balaban J connectivity index is 1.81. The second kappa shape index (κ2) is 22.9. The van der Waals surface area contributed by atoms with Gasteiger partial charge in [0, 0.05) is 31.7 Å². The lowest BCUT2D eigenvalue weighted by Crippen LogP contribution is -2.55. The standard InChI is InChI=1S/C37H51N7O11/c1-3-22(2)33(36(51)41-25(34(39)49)19-24-16-17-29(45)28(20-24)44(54)55)43-32(48)15-11-6-4-5-10-14-31(47)40-26(21-30(38)46)35(50)42-27(37(52)53)18-23-12-8-7-9-13-23/h7-9,12-13,16-17,20,22,25-27,33,45H,3-6,10-11,14-15,18-19,21H2,1-2H3,(H2,38,46)(H2,39,49)(H,40,47)(H,41,51)(H,42,50)(H,43,48)(H,52,53)/t22-,25+,26+,27+,33+/m1/s1. The van der Waals surface area contributed by atoms with E-state index in [1.54, 1.807) is 37.3 Å². The summed E-state index contributed by atoms with van der Waals surface area (Å²) >= 11 is 0. The molecular weight excluding hydrogens is 718 g/mol. The van der Waals surface area contributed by atoms with Crippen LogP contribution in [0.2, 0.25) is 0 Å². The molecule has 300 valence electrons. The second-order valence-corrected chi connectivity index (χ2v) is 13.3. The van der Waals surface area contributed by atoms with Crippen molar-refractivity contribution in [2.45, 2.75) is 109 Å². The van der Waals surface area contributed by atoms with Crippen LogP contribution in [0.5, 0.6) is 5.75 Å². The predicted octanol–water partition coefficient (Wildman–Crippen LogP) is 1.25. The Morgan fingerprint density at radius 2 is 1.31 bits per heavy atom. The fraction of sp³-hybridized carbons (Fsp3) is 0.486. The number of hydrogen-bond donors (Lipinski definition) is 8. The molecule has 18 nitrogen and oxygen atoms in total. The molecule has 2 aromatic rings. The third-order valence-corrected chi connectivity index (χ3v) is 8.91. The number of amides is 6. The molecule has 6 amide bonds. The number of aliphatic carboxylic acids is 1. The highest BCUT2D eigenvalue weighted by molar-refractivity contribution is 5.94. The average Bonchev–Trinajstić information content (AvgIpc) is 3.12. The zero-order valence-electron chi connectivity index (χ0n) is 31.0. The van der Waals surface area contributed by atoms with Crippen molar-refractivity contribution in [2.24, 2.45) is 17.4 Å². The third kappa shape index (κ3) is 16.2. The van der Waals surface area contributed by atoms with Crippen LogP contribution < -0.4 is 32.7 Å². The first kappa shape index (κ1) is 45.1. The fourth-order valence-corrected chi connectivity index (χ4v) is 5.61. The summed E-state index contributed by atoms with van der Waals surface area (Å²) in [4.78, 5) is 97.5. The molecule has 0 unspecified atom stereocenters. The van der Waals surface area contributed by atoms with Crippen LogP contribution in [0.4, 0.5) is 5.69 Å². The molecule has 0 bridgehead atoms. The number of rotatable bonds is 25. The topological polar surface area (TPSA) is 303 Å². The molecule has 0 spiro atoms. The number of carboxylic acid groups (broad SMARTS) is 1. The molecule has 0 saturated carbocycles. The van der Waals surface area contributed by atoms with Crippen LogP contribution in [0.15, 0.2) is 48.5 Å². The van der Waals surface area contributed by atoms with E-state index in [0.717, 1.165) is 12.1 Å². The van der Waals surface area contributed by atoms with Crippen LogP contribution in [-0.2, 0) is 46.4 Å². The normalized spacial score (nSPS) is 13.6. The van der Waals surface area contributed by atoms with E-state index in [-0.39, 0.29) is 37.2 Å². The lowest BCUT2D eigenvalue weighted by molar-refractivity contribution is -0.385. The highest BCUT2D eigenvalue weighted by Gasteiger charge is 2.30. The number of primary amides is 2. The molecule has 0 heterocycles. The highest BCUT2D eigenvalue weighted by Crippen LogP contribution is 2.27. The number of nitro benzene ring substituents is 1. The molecule has 5 atom stereocenters.